The molecule has 0 aliphatic rings. The highest BCUT2D eigenvalue weighted by molar-refractivity contribution is 7.90. The molecule has 0 bridgehead atoms. The van der Waals surface area contributed by atoms with Gasteiger partial charge in [-0.2, -0.15) is 0 Å². The molecule has 0 saturated heterocycles. The predicted molar refractivity (Wildman–Crippen MR) is 110 cm³/mol. The minimum absolute atomic E-state index is 0.0301. The number of hydrogen-bond donors (Lipinski definition) is 1. The first kappa shape index (κ1) is 20.6. The number of ether oxygens (including phenoxy) is 1. The number of sulfone groups is 1. The SMILES string of the molecule is CS(=O)(=O)c1cc(C(=O)Oc2ccc(NC(=O)c3ccccc3)cc2)ccc1Cl. The zero-order valence-electron chi connectivity index (χ0n) is 15.3. The third-order valence-electron chi connectivity index (χ3n) is 3.93. The summed E-state index contributed by atoms with van der Waals surface area (Å²) < 4.78 is 28.8. The average Bonchev–Trinajstić information content (AvgIpc) is 2.69. The molecule has 6 nitrogen and oxygen atoms in total. The number of hydrogen-bond acceptors (Lipinski definition) is 5. The molecule has 0 radical (unpaired) electrons. The molecule has 1 N–H and O–H groups in total. The van der Waals surface area contributed by atoms with E-state index in [4.69, 9.17) is 16.3 Å². The number of carbonyl (C=O) groups excluding carboxylic acids is 2. The van der Waals surface area contributed by atoms with Crippen molar-refractivity contribution in [3.63, 3.8) is 0 Å². The number of amides is 1. The summed E-state index contributed by atoms with van der Waals surface area (Å²) in [5, 5.41) is 2.77. The Hall–Kier alpha value is -3.16. The van der Waals surface area contributed by atoms with Crippen molar-refractivity contribution in [3.8, 4) is 5.75 Å². The molecule has 0 saturated carbocycles. The quantitative estimate of drug-likeness (QED) is 0.484. The fourth-order valence-electron chi connectivity index (χ4n) is 2.48. The van der Waals surface area contributed by atoms with Crippen LogP contribution in [0.15, 0.2) is 77.7 Å². The Balaban J connectivity index is 1.70. The first-order valence-electron chi connectivity index (χ1n) is 8.42. The highest BCUT2D eigenvalue weighted by Gasteiger charge is 2.17. The number of anilines is 1. The molecule has 29 heavy (non-hydrogen) atoms. The zero-order chi connectivity index (χ0) is 21.0. The summed E-state index contributed by atoms with van der Waals surface area (Å²) in [5.74, 6) is -0.749. The van der Waals surface area contributed by atoms with Crippen molar-refractivity contribution in [1.29, 1.82) is 0 Å². The van der Waals surface area contributed by atoms with Crippen LogP contribution in [0.4, 0.5) is 5.69 Å². The Morgan fingerprint density at radius 3 is 2.17 bits per heavy atom. The molecule has 3 aromatic carbocycles. The topological polar surface area (TPSA) is 89.5 Å². The number of nitrogens with one attached hydrogen (secondary N) is 1. The van der Waals surface area contributed by atoms with E-state index in [1.807, 2.05) is 6.07 Å². The van der Waals surface area contributed by atoms with Gasteiger partial charge in [-0.1, -0.05) is 29.8 Å². The van der Waals surface area contributed by atoms with Gasteiger partial charge in [0.15, 0.2) is 9.84 Å². The highest BCUT2D eigenvalue weighted by atomic mass is 35.5. The molecule has 0 atom stereocenters. The monoisotopic (exact) mass is 429 g/mol. The summed E-state index contributed by atoms with van der Waals surface area (Å²) in [6, 6.07) is 18.9. The van der Waals surface area contributed by atoms with Gasteiger partial charge in [0.05, 0.1) is 15.5 Å². The van der Waals surface area contributed by atoms with E-state index in [-0.39, 0.29) is 27.1 Å². The van der Waals surface area contributed by atoms with Crippen molar-refractivity contribution in [1.82, 2.24) is 0 Å². The molecule has 0 aliphatic heterocycles. The fraction of sp³-hybridized carbons (Fsp3) is 0.0476. The Labute approximate surface area is 173 Å². The van der Waals surface area contributed by atoms with Crippen LogP contribution in [0, 0.1) is 0 Å². The molecular weight excluding hydrogens is 414 g/mol. The van der Waals surface area contributed by atoms with Crippen LogP contribution in [0.1, 0.15) is 20.7 Å². The second-order valence-corrected chi connectivity index (χ2v) is 8.54. The Bertz CT molecular complexity index is 1160. The summed E-state index contributed by atoms with van der Waals surface area (Å²) in [6.07, 6.45) is 1.01. The van der Waals surface area contributed by atoms with Crippen molar-refractivity contribution in [2.24, 2.45) is 0 Å². The molecular formula is C21H16ClNO5S. The molecule has 1 amide bonds. The minimum atomic E-state index is -3.58. The largest absolute Gasteiger partial charge is 0.423 e. The van der Waals surface area contributed by atoms with Crippen LogP contribution in [0.3, 0.4) is 0 Å². The Morgan fingerprint density at radius 2 is 1.55 bits per heavy atom. The number of benzene rings is 3. The Morgan fingerprint density at radius 1 is 0.897 bits per heavy atom. The molecule has 0 aromatic heterocycles. The van der Waals surface area contributed by atoms with Crippen LogP contribution in [-0.4, -0.2) is 26.6 Å². The van der Waals surface area contributed by atoms with E-state index >= 15 is 0 Å². The highest BCUT2D eigenvalue weighted by Crippen LogP contribution is 2.24. The van der Waals surface area contributed by atoms with Gasteiger partial charge >= 0.3 is 5.97 Å². The molecule has 0 spiro atoms. The third-order valence-corrected chi connectivity index (χ3v) is 5.50. The normalized spacial score (nSPS) is 11.0. The van der Waals surface area contributed by atoms with Gasteiger partial charge in [0.1, 0.15) is 5.75 Å². The molecule has 0 fully saturated rings. The maximum Gasteiger partial charge on any atom is 0.343 e. The van der Waals surface area contributed by atoms with Crippen LogP contribution in [0.2, 0.25) is 5.02 Å². The van der Waals surface area contributed by atoms with Gasteiger partial charge < -0.3 is 10.1 Å². The van der Waals surface area contributed by atoms with Crippen molar-refractivity contribution in [3.05, 3.63) is 88.9 Å². The summed E-state index contributed by atoms with van der Waals surface area (Å²) in [7, 11) is -3.58. The van der Waals surface area contributed by atoms with Crippen LogP contribution < -0.4 is 10.1 Å². The molecule has 0 heterocycles. The maximum atomic E-state index is 12.3. The number of esters is 1. The maximum absolute atomic E-state index is 12.3. The van der Waals surface area contributed by atoms with Gasteiger partial charge in [0.2, 0.25) is 0 Å². The van der Waals surface area contributed by atoms with E-state index in [0.717, 1.165) is 6.26 Å². The van der Waals surface area contributed by atoms with Gasteiger partial charge in [-0.25, -0.2) is 13.2 Å². The van der Waals surface area contributed by atoms with Gasteiger partial charge in [0.25, 0.3) is 5.91 Å². The Kier molecular flexibility index (Phi) is 6.00. The molecule has 0 unspecified atom stereocenters. The van der Waals surface area contributed by atoms with E-state index in [1.54, 1.807) is 36.4 Å². The molecule has 3 rings (SSSR count). The van der Waals surface area contributed by atoms with Gasteiger partial charge in [0, 0.05) is 17.5 Å². The van der Waals surface area contributed by atoms with Crippen LogP contribution in [0.25, 0.3) is 0 Å². The van der Waals surface area contributed by atoms with E-state index in [2.05, 4.69) is 5.32 Å². The zero-order valence-corrected chi connectivity index (χ0v) is 16.8. The predicted octanol–water partition coefficient (Wildman–Crippen LogP) is 4.22. The molecule has 0 aliphatic carbocycles. The van der Waals surface area contributed by atoms with Gasteiger partial charge in [-0.05, 0) is 54.6 Å². The van der Waals surface area contributed by atoms with Crippen molar-refractivity contribution in [2.75, 3.05) is 11.6 Å². The van der Waals surface area contributed by atoms with E-state index in [1.165, 1.54) is 30.3 Å². The minimum Gasteiger partial charge on any atom is -0.423 e. The van der Waals surface area contributed by atoms with Crippen molar-refractivity contribution < 1.29 is 22.7 Å². The second-order valence-electron chi connectivity index (χ2n) is 6.15. The van der Waals surface area contributed by atoms with E-state index in [9.17, 15) is 18.0 Å². The third kappa shape index (κ3) is 5.22. The lowest BCUT2D eigenvalue weighted by atomic mass is 10.2. The lowest BCUT2D eigenvalue weighted by Crippen LogP contribution is -2.12. The molecule has 3 aromatic rings. The average molecular weight is 430 g/mol. The first-order chi connectivity index (χ1) is 13.7. The standard InChI is InChI=1S/C21H16ClNO5S/c1-29(26,27)19-13-15(7-12-18(19)22)21(25)28-17-10-8-16(9-11-17)23-20(24)14-5-3-2-4-6-14/h2-13H,1H3,(H,23,24). The first-order valence-corrected chi connectivity index (χ1v) is 10.7. The van der Waals surface area contributed by atoms with Crippen molar-refractivity contribution in [2.45, 2.75) is 4.90 Å². The van der Waals surface area contributed by atoms with Crippen LogP contribution in [-0.2, 0) is 9.84 Å². The summed E-state index contributed by atoms with van der Waals surface area (Å²) >= 11 is 5.88. The molecule has 148 valence electrons. The number of rotatable bonds is 5. The smallest absolute Gasteiger partial charge is 0.343 e. The fourth-order valence-corrected chi connectivity index (χ4v) is 3.78. The molecule has 8 heteroatoms. The summed E-state index contributed by atoms with van der Waals surface area (Å²) in [4.78, 5) is 24.3. The van der Waals surface area contributed by atoms with E-state index in [0.29, 0.717) is 11.3 Å². The summed E-state index contributed by atoms with van der Waals surface area (Å²) in [6.45, 7) is 0. The van der Waals surface area contributed by atoms with E-state index < -0.39 is 15.8 Å². The number of halogens is 1. The second kappa shape index (κ2) is 8.46. The van der Waals surface area contributed by atoms with Gasteiger partial charge in [-0.3, -0.25) is 4.79 Å². The lowest BCUT2D eigenvalue weighted by Gasteiger charge is -2.09. The lowest BCUT2D eigenvalue weighted by molar-refractivity contribution is 0.0734. The van der Waals surface area contributed by atoms with Crippen molar-refractivity contribution >= 4 is 39.0 Å². The van der Waals surface area contributed by atoms with Gasteiger partial charge in [-0.15, -0.1) is 0 Å². The summed E-state index contributed by atoms with van der Waals surface area (Å²) in [5.41, 5.74) is 1.10. The van der Waals surface area contributed by atoms with Crippen LogP contribution >= 0.6 is 11.6 Å². The van der Waals surface area contributed by atoms with Crippen LogP contribution in [0.5, 0.6) is 5.75 Å². The number of carbonyl (C=O) groups is 2.